The molecule has 103 heavy (non-hydrogen) atoms. The monoisotopic (exact) mass is 1400 g/mol. The number of rotatable bonds is 1. The van der Waals surface area contributed by atoms with Gasteiger partial charge in [0.1, 0.15) is 0 Å². The van der Waals surface area contributed by atoms with E-state index in [0.717, 1.165) is 0 Å². The molecule has 0 nitrogen and oxygen atoms in total. The van der Waals surface area contributed by atoms with Gasteiger partial charge < -0.3 is 0 Å². The van der Waals surface area contributed by atoms with Crippen molar-refractivity contribution in [2.24, 2.45) is 54.1 Å². The van der Waals surface area contributed by atoms with E-state index in [1.165, 1.54) is 54.9 Å². The lowest BCUT2D eigenvalue weighted by molar-refractivity contribution is 0.469. The molecule has 9 aromatic rings. The van der Waals surface area contributed by atoms with Gasteiger partial charge in [-0.2, -0.15) is 0 Å². The van der Waals surface area contributed by atoms with E-state index >= 15 is 0 Å². The average Bonchev–Trinajstić information content (AvgIpc) is 1.59. The molecule has 0 saturated heterocycles. The minimum absolute atomic E-state index is 0.160. The Morgan fingerprint density at radius 1 is 0.146 bits per heavy atom. The predicted octanol–water partition coefficient (Wildman–Crippen LogP) is 35.2. The summed E-state index contributed by atoms with van der Waals surface area (Å²) in [5.41, 5.74) is 13.4. The molecule has 10 rings (SSSR count). The van der Waals surface area contributed by atoms with Gasteiger partial charge in [-0.05, 0) is 109 Å². The molecule has 1 aliphatic rings. The van der Waals surface area contributed by atoms with Crippen LogP contribution in [0, 0.1) is 54.1 Å². The summed E-state index contributed by atoms with van der Waals surface area (Å²) in [7, 11) is 0. The van der Waals surface area contributed by atoms with Crippen LogP contribution in [-0.2, 0) is 5.41 Å². The van der Waals surface area contributed by atoms with Crippen molar-refractivity contribution < 1.29 is 0 Å². The average molecular weight is 1400 g/mol. The molecule has 9 aromatic carbocycles. The van der Waals surface area contributed by atoms with Gasteiger partial charge in [0, 0.05) is 5.41 Å². The van der Waals surface area contributed by atoms with Gasteiger partial charge >= 0.3 is 0 Å². The first-order valence-corrected chi connectivity index (χ1v) is 38.3. The van der Waals surface area contributed by atoms with Crippen LogP contribution in [-0.4, -0.2) is 0 Å². The van der Waals surface area contributed by atoms with Crippen molar-refractivity contribution >= 4 is 21.5 Å². The molecule has 0 heterocycles. The fraction of sp³-hybridized carbons (Fsp3) is 0.515. The van der Waals surface area contributed by atoms with Crippen molar-refractivity contribution in [1.82, 2.24) is 0 Å². The van der Waals surface area contributed by atoms with Crippen LogP contribution >= 0.6 is 0 Å². The standard InChI is InChI=1S/C15H14.C12H10.2C10H8.C6H6.10C5H12/c1-15(2)13-9-5-3-7-11(13)12-8-4-6-10-14(12)15;1-3-7-11(8-4-1)12-9-5-2-6-10-12;2*1-2-6-10-8-4-3-7-9(10)5-1;1-2-4-6-5-3-1;10*1-5(2,3)4/h3-10H,1-2H3;1-10H;2*1-8H;1-6H;10*1-4H3. The van der Waals surface area contributed by atoms with E-state index < -0.39 is 0 Å². The fourth-order valence-electron chi connectivity index (χ4n) is 6.58. The number of fused-ring (bicyclic) bond motifs is 5. The molecule has 0 N–H and O–H groups in total. The van der Waals surface area contributed by atoms with Crippen molar-refractivity contribution in [3.63, 3.8) is 0 Å². The second-order valence-electron chi connectivity index (χ2n) is 43.3. The summed E-state index contributed by atoms with van der Waals surface area (Å²) in [6.45, 7) is 92.1. The van der Waals surface area contributed by atoms with E-state index in [1.807, 2.05) is 48.5 Å². The van der Waals surface area contributed by atoms with Crippen LogP contribution in [0.5, 0.6) is 0 Å². The van der Waals surface area contributed by atoms with Crippen molar-refractivity contribution in [2.75, 3.05) is 0 Å². The Hall–Kier alpha value is -6.50. The molecule has 0 amide bonds. The first-order chi connectivity index (χ1) is 46.1. The summed E-state index contributed by atoms with van der Waals surface area (Å²) >= 11 is 0. The Balaban J connectivity index is -0.000000341. The second kappa shape index (κ2) is 50.9. The lowest BCUT2D eigenvalue weighted by Gasteiger charge is -2.20. The number of hydrogen-bond donors (Lipinski definition) is 0. The van der Waals surface area contributed by atoms with Crippen molar-refractivity contribution in [3.8, 4) is 22.3 Å². The van der Waals surface area contributed by atoms with E-state index in [4.69, 9.17) is 0 Å². The van der Waals surface area contributed by atoms with Crippen LogP contribution in [0.2, 0.25) is 0 Å². The molecule has 578 valence electrons. The van der Waals surface area contributed by atoms with Crippen LogP contribution < -0.4 is 0 Å². The van der Waals surface area contributed by atoms with Gasteiger partial charge in [-0.3, -0.25) is 0 Å². The summed E-state index contributed by atoms with van der Waals surface area (Å²) < 4.78 is 0. The fourth-order valence-corrected chi connectivity index (χ4v) is 6.58. The third-order valence-corrected chi connectivity index (χ3v) is 9.36. The maximum absolute atomic E-state index is 2.30. The molecule has 0 bridgehead atoms. The number of benzene rings is 9. The smallest absolute Gasteiger partial charge is 0.0158 e. The molecule has 0 atom stereocenters. The second-order valence-corrected chi connectivity index (χ2v) is 43.3. The van der Waals surface area contributed by atoms with Gasteiger partial charge in [0.25, 0.3) is 0 Å². The first kappa shape index (κ1) is 105. The lowest BCUT2D eigenvalue weighted by Crippen LogP contribution is -2.14. The molecular formula is C103H166. The molecule has 0 saturated carbocycles. The zero-order chi connectivity index (χ0) is 81.6. The van der Waals surface area contributed by atoms with Gasteiger partial charge in [0.05, 0.1) is 0 Å². The maximum Gasteiger partial charge on any atom is 0.0158 e. The summed E-state index contributed by atoms with van der Waals surface area (Å²) in [6, 6.07) is 83.7. The SMILES string of the molecule is CC(C)(C)C.CC(C)(C)C.CC(C)(C)C.CC(C)(C)C.CC(C)(C)C.CC(C)(C)C.CC(C)(C)C.CC(C)(C)C.CC(C)(C)C.CC(C)(C)C.CC1(C)c2ccccc2-c2ccccc21.c1ccc(-c2ccccc2)cc1.c1ccc2ccccc2c1.c1ccc2ccccc2c1.c1ccccc1. The Bertz CT molecular complexity index is 2830. The van der Waals surface area contributed by atoms with Gasteiger partial charge in [-0.15, -0.1) is 0 Å². The predicted molar refractivity (Wildman–Crippen MR) is 482 cm³/mol. The molecule has 0 aromatic heterocycles. The summed E-state index contributed by atoms with van der Waals surface area (Å²) in [5, 5.41) is 5.24. The molecule has 1 aliphatic carbocycles. The lowest BCUT2D eigenvalue weighted by atomic mass is 9.82. The van der Waals surface area contributed by atoms with Crippen LogP contribution in [0.3, 0.4) is 0 Å². The summed E-state index contributed by atoms with van der Waals surface area (Å²) in [5.74, 6) is 0. The maximum atomic E-state index is 2.30. The van der Waals surface area contributed by atoms with Crippen LogP contribution in [0.15, 0.2) is 243 Å². The van der Waals surface area contributed by atoms with Crippen molar-refractivity contribution in [1.29, 1.82) is 0 Å². The topological polar surface area (TPSA) is 0 Å². The molecule has 0 radical (unpaired) electrons. The van der Waals surface area contributed by atoms with Crippen LogP contribution in [0.1, 0.15) is 302 Å². The van der Waals surface area contributed by atoms with Crippen molar-refractivity contribution in [3.05, 3.63) is 254 Å². The zero-order valence-electron chi connectivity index (χ0n) is 75.6. The zero-order valence-corrected chi connectivity index (χ0v) is 75.6. The molecular weight excluding hydrogens is 1240 g/mol. The summed E-state index contributed by atoms with van der Waals surface area (Å²) in [4.78, 5) is 0. The Morgan fingerprint density at radius 2 is 0.252 bits per heavy atom. The van der Waals surface area contributed by atoms with Crippen molar-refractivity contribution in [2.45, 2.75) is 296 Å². The van der Waals surface area contributed by atoms with E-state index in [-0.39, 0.29) is 5.41 Å². The first-order valence-electron chi connectivity index (χ1n) is 38.3. The Labute approximate surface area is 644 Å². The highest BCUT2D eigenvalue weighted by molar-refractivity contribution is 5.83. The normalized spacial score (nSPS) is 11.7. The Kier molecular flexibility index (Phi) is 51.9. The van der Waals surface area contributed by atoms with E-state index in [2.05, 4.69) is 485 Å². The number of hydrogen-bond acceptors (Lipinski definition) is 0. The van der Waals surface area contributed by atoms with Gasteiger partial charge in [-0.25, -0.2) is 0 Å². The van der Waals surface area contributed by atoms with Crippen LogP contribution in [0.25, 0.3) is 43.8 Å². The highest BCUT2D eigenvalue weighted by atomic mass is 14.4. The third kappa shape index (κ3) is 95.5. The molecule has 0 heteroatoms. The summed E-state index contributed by atoms with van der Waals surface area (Å²) in [6.07, 6.45) is 0. The molecule has 0 unspecified atom stereocenters. The minimum atomic E-state index is 0.160. The van der Waals surface area contributed by atoms with Gasteiger partial charge in [0.15, 0.2) is 0 Å². The van der Waals surface area contributed by atoms with E-state index in [0.29, 0.717) is 54.1 Å². The third-order valence-electron chi connectivity index (χ3n) is 9.36. The van der Waals surface area contributed by atoms with Gasteiger partial charge in [0.2, 0.25) is 0 Å². The molecule has 0 spiro atoms. The van der Waals surface area contributed by atoms with E-state index in [9.17, 15) is 0 Å². The highest BCUT2D eigenvalue weighted by Crippen LogP contribution is 2.48. The van der Waals surface area contributed by atoms with Gasteiger partial charge in [-0.1, -0.05) is 533 Å². The minimum Gasteiger partial charge on any atom is -0.0623 e. The Morgan fingerprint density at radius 3 is 0.398 bits per heavy atom. The quantitative estimate of drug-likeness (QED) is 0.154. The van der Waals surface area contributed by atoms with Crippen LogP contribution in [0.4, 0.5) is 0 Å². The molecule has 0 aliphatic heterocycles. The molecule has 0 fully saturated rings. The largest absolute Gasteiger partial charge is 0.0623 e. The highest BCUT2D eigenvalue weighted by Gasteiger charge is 2.34. The van der Waals surface area contributed by atoms with E-state index in [1.54, 1.807) is 0 Å².